The van der Waals surface area contributed by atoms with Gasteiger partial charge in [-0.3, -0.25) is 0 Å². The smallest absolute Gasteiger partial charge is 0.378 e. The molecule has 0 aliphatic rings. The Morgan fingerprint density at radius 1 is 1.62 bits per heavy atom. The van der Waals surface area contributed by atoms with Gasteiger partial charge in [0.15, 0.2) is 0 Å². The summed E-state index contributed by atoms with van der Waals surface area (Å²) in [6, 6.07) is 0. The van der Waals surface area contributed by atoms with E-state index in [1.807, 2.05) is 13.5 Å². The summed E-state index contributed by atoms with van der Waals surface area (Å²) in [4.78, 5) is 0. The molecule has 3 heteroatoms. The van der Waals surface area contributed by atoms with Gasteiger partial charge in [0, 0.05) is 7.11 Å². The highest BCUT2D eigenvalue weighted by atomic mass is 28.3. The van der Waals surface area contributed by atoms with E-state index in [1.54, 1.807) is 7.11 Å². The van der Waals surface area contributed by atoms with Gasteiger partial charge < -0.3 is 8.85 Å². The Morgan fingerprint density at radius 3 is 2.25 bits per heavy atom. The van der Waals surface area contributed by atoms with Crippen molar-refractivity contribution in [1.29, 1.82) is 0 Å². The molecule has 0 radical (unpaired) electrons. The summed E-state index contributed by atoms with van der Waals surface area (Å²) in [5.41, 5.74) is 0. The van der Waals surface area contributed by atoms with Gasteiger partial charge in [0.25, 0.3) is 0 Å². The van der Waals surface area contributed by atoms with Gasteiger partial charge in [-0.05, 0) is 13.5 Å². The molecule has 1 unspecified atom stereocenters. The number of hydrogen-bond acceptors (Lipinski definition) is 2. The molecule has 0 saturated heterocycles. The number of rotatable bonds is 3. The van der Waals surface area contributed by atoms with Crippen molar-refractivity contribution in [2.45, 2.75) is 13.5 Å². The van der Waals surface area contributed by atoms with Crippen LogP contribution in [-0.2, 0) is 8.85 Å². The predicted molar refractivity (Wildman–Crippen MR) is 35.9 cm³/mol. The van der Waals surface area contributed by atoms with Crippen molar-refractivity contribution in [1.82, 2.24) is 0 Å². The Morgan fingerprint density at radius 2 is 2.12 bits per heavy atom. The van der Waals surface area contributed by atoms with E-state index in [4.69, 9.17) is 8.85 Å². The highest BCUT2D eigenvalue weighted by Gasteiger charge is 2.00. The molecule has 0 bridgehead atoms. The summed E-state index contributed by atoms with van der Waals surface area (Å²) >= 11 is 0. The zero-order chi connectivity index (χ0) is 6.57. The molecule has 0 fully saturated rings. The lowest BCUT2D eigenvalue weighted by atomic mass is 10.7. The first-order valence-electron chi connectivity index (χ1n) is 2.51. The number of allylic oxidation sites excluding steroid dienone is 1. The lowest BCUT2D eigenvalue weighted by Gasteiger charge is -2.09. The molecule has 1 atom stereocenters. The molecule has 0 aromatic heterocycles. The maximum absolute atomic E-state index is 5.12. The Bertz CT molecular complexity index is 82.5. The predicted octanol–water partition coefficient (Wildman–Crippen LogP) is 1.03. The van der Waals surface area contributed by atoms with Gasteiger partial charge in [0.2, 0.25) is 0 Å². The van der Waals surface area contributed by atoms with Crippen molar-refractivity contribution < 1.29 is 8.85 Å². The van der Waals surface area contributed by atoms with E-state index in [-0.39, 0.29) is 0 Å². The van der Waals surface area contributed by atoms with Crippen LogP contribution in [0.3, 0.4) is 0 Å². The molecule has 0 aliphatic heterocycles. The van der Waals surface area contributed by atoms with Crippen LogP contribution in [0.25, 0.3) is 0 Å². The lowest BCUT2D eigenvalue weighted by molar-refractivity contribution is 0.294. The first-order chi connectivity index (χ1) is 3.66. The zero-order valence-electron chi connectivity index (χ0n) is 5.60. The standard InChI is InChI=1S/C5H12O2Si/c1-5(2)7-8(4)6-3/h8H,1H2,2-4H3. The summed E-state index contributed by atoms with van der Waals surface area (Å²) in [5.74, 6) is 0.742. The van der Waals surface area contributed by atoms with Gasteiger partial charge in [0.05, 0.1) is 5.76 Å². The third kappa shape index (κ3) is 3.89. The fourth-order valence-electron chi connectivity index (χ4n) is 0.331. The van der Waals surface area contributed by atoms with Crippen LogP contribution in [0, 0.1) is 0 Å². The molecule has 0 aromatic carbocycles. The third-order valence-electron chi connectivity index (χ3n) is 0.699. The van der Waals surface area contributed by atoms with Gasteiger partial charge >= 0.3 is 9.28 Å². The first-order valence-corrected chi connectivity index (χ1v) is 4.61. The Balaban J connectivity index is 3.24. The summed E-state index contributed by atoms with van der Waals surface area (Å²) in [7, 11) is 0.314. The quantitative estimate of drug-likeness (QED) is 0.422. The highest BCUT2D eigenvalue weighted by molar-refractivity contribution is 6.42. The largest absolute Gasteiger partial charge is 0.527 e. The van der Waals surface area contributed by atoms with Crippen LogP contribution >= 0.6 is 0 Å². The minimum Gasteiger partial charge on any atom is -0.527 e. The van der Waals surface area contributed by atoms with Gasteiger partial charge in [0.1, 0.15) is 0 Å². The monoisotopic (exact) mass is 132 g/mol. The molecule has 0 aliphatic carbocycles. The normalized spacial score (nSPS) is 12.9. The summed E-state index contributed by atoms with van der Waals surface area (Å²) in [6.45, 7) is 7.35. The third-order valence-corrected chi connectivity index (χ3v) is 2.10. The average Bonchev–Trinajstić information content (AvgIpc) is 1.65. The maximum Gasteiger partial charge on any atom is 0.378 e. The van der Waals surface area contributed by atoms with Gasteiger partial charge in [-0.15, -0.1) is 0 Å². The topological polar surface area (TPSA) is 18.5 Å². The van der Waals surface area contributed by atoms with Crippen molar-refractivity contribution in [2.24, 2.45) is 0 Å². The van der Waals surface area contributed by atoms with E-state index in [0.717, 1.165) is 5.76 Å². The second-order valence-electron chi connectivity index (χ2n) is 1.62. The van der Waals surface area contributed by atoms with Crippen LogP contribution in [0.2, 0.25) is 6.55 Å². The van der Waals surface area contributed by atoms with Crippen molar-refractivity contribution in [3.8, 4) is 0 Å². The maximum atomic E-state index is 5.12. The van der Waals surface area contributed by atoms with Crippen LogP contribution in [0.4, 0.5) is 0 Å². The molecule has 0 amide bonds. The van der Waals surface area contributed by atoms with Gasteiger partial charge in [-0.25, -0.2) is 0 Å². The Hall–Kier alpha value is -0.283. The molecule has 0 saturated carbocycles. The van der Waals surface area contributed by atoms with E-state index in [2.05, 4.69) is 6.58 Å². The molecular weight excluding hydrogens is 120 g/mol. The summed E-state index contributed by atoms with van der Waals surface area (Å²) in [5, 5.41) is 0. The minimum atomic E-state index is -1.34. The summed E-state index contributed by atoms with van der Waals surface area (Å²) < 4.78 is 10.0. The van der Waals surface area contributed by atoms with Crippen molar-refractivity contribution >= 4 is 9.28 Å². The zero-order valence-corrected chi connectivity index (χ0v) is 6.76. The Kier molecular flexibility index (Phi) is 3.56. The van der Waals surface area contributed by atoms with E-state index >= 15 is 0 Å². The van der Waals surface area contributed by atoms with Gasteiger partial charge in [-0.2, -0.15) is 0 Å². The SMILES string of the molecule is C=C(C)O[SiH](C)OC. The average molecular weight is 132 g/mol. The van der Waals surface area contributed by atoms with Crippen LogP contribution < -0.4 is 0 Å². The first kappa shape index (κ1) is 7.72. The van der Waals surface area contributed by atoms with E-state index in [9.17, 15) is 0 Å². The van der Waals surface area contributed by atoms with E-state index < -0.39 is 9.28 Å². The van der Waals surface area contributed by atoms with Crippen molar-refractivity contribution in [3.63, 3.8) is 0 Å². The molecule has 0 N–H and O–H groups in total. The molecule has 0 aromatic rings. The summed E-state index contributed by atoms with van der Waals surface area (Å²) in [6.07, 6.45) is 0. The fraction of sp³-hybridized carbons (Fsp3) is 0.600. The molecule has 0 spiro atoms. The molecular formula is C5H12O2Si. The van der Waals surface area contributed by atoms with Crippen molar-refractivity contribution in [3.05, 3.63) is 12.3 Å². The molecule has 8 heavy (non-hydrogen) atoms. The minimum absolute atomic E-state index is 0.742. The van der Waals surface area contributed by atoms with Crippen molar-refractivity contribution in [2.75, 3.05) is 7.11 Å². The van der Waals surface area contributed by atoms with Crippen LogP contribution in [0.1, 0.15) is 6.92 Å². The van der Waals surface area contributed by atoms with Crippen LogP contribution in [0.5, 0.6) is 0 Å². The lowest BCUT2D eigenvalue weighted by Crippen LogP contribution is -2.14. The highest BCUT2D eigenvalue weighted by Crippen LogP contribution is 1.93. The molecule has 2 nitrogen and oxygen atoms in total. The van der Waals surface area contributed by atoms with Crippen LogP contribution in [-0.4, -0.2) is 16.4 Å². The second-order valence-corrected chi connectivity index (χ2v) is 3.47. The Labute approximate surface area is 52.0 Å². The molecule has 48 valence electrons. The van der Waals surface area contributed by atoms with E-state index in [1.165, 1.54) is 0 Å². The molecule has 0 heterocycles. The molecule has 0 rings (SSSR count). The fourth-order valence-corrected chi connectivity index (χ4v) is 0.994. The van der Waals surface area contributed by atoms with Gasteiger partial charge in [-0.1, -0.05) is 6.58 Å². The van der Waals surface area contributed by atoms with E-state index in [0.29, 0.717) is 0 Å². The van der Waals surface area contributed by atoms with Crippen LogP contribution in [0.15, 0.2) is 12.3 Å². The number of hydrogen-bond donors (Lipinski definition) is 0. The second kappa shape index (κ2) is 3.69.